The van der Waals surface area contributed by atoms with Crippen LogP contribution in [0.4, 0.5) is 0 Å². The van der Waals surface area contributed by atoms with E-state index >= 15 is 0 Å². The Balaban J connectivity index is 2.67. The van der Waals surface area contributed by atoms with Gasteiger partial charge in [0.25, 0.3) is 0 Å². The number of carbonyl (C=O) groups is 2. The molecule has 16 heavy (non-hydrogen) atoms. The van der Waals surface area contributed by atoms with Gasteiger partial charge >= 0.3 is 5.97 Å². The summed E-state index contributed by atoms with van der Waals surface area (Å²) >= 11 is 0. The van der Waals surface area contributed by atoms with Crippen molar-refractivity contribution in [2.45, 2.75) is 6.92 Å². The maximum Gasteiger partial charge on any atom is 0.338 e. The fourth-order valence-electron chi connectivity index (χ4n) is 1.49. The van der Waals surface area contributed by atoms with Gasteiger partial charge in [-0.15, -0.1) is 0 Å². The van der Waals surface area contributed by atoms with Gasteiger partial charge in [0.05, 0.1) is 18.2 Å². The first-order valence-corrected chi connectivity index (χ1v) is 4.71. The summed E-state index contributed by atoms with van der Waals surface area (Å²) in [4.78, 5) is 22.6. The highest BCUT2D eigenvalue weighted by atomic mass is 16.5. The highest BCUT2D eigenvalue weighted by Gasteiger charge is 2.13. The van der Waals surface area contributed by atoms with Gasteiger partial charge in [-0.2, -0.15) is 5.10 Å². The molecule has 0 aliphatic carbocycles. The maximum absolute atomic E-state index is 11.5. The number of rotatable bonds is 1. The number of methoxy groups -OCH3 is 1. The Bertz CT molecular complexity index is 572. The van der Waals surface area contributed by atoms with E-state index in [1.165, 1.54) is 24.9 Å². The summed E-state index contributed by atoms with van der Waals surface area (Å²) in [5, 5.41) is 4.66. The molecule has 2 rings (SSSR count). The fraction of sp³-hybridized carbons (Fsp3) is 0.182. The molecule has 0 unspecified atom stereocenters. The second-order valence-corrected chi connectivity index (χ2v) is 3.32. The zero-order chi connectivity index (χ0) is 11.7. The van der Waals surface area contributed by atoms with Crippen LogP contribution in [0.1, 0.15) is 22.1 Å². The molecular formula is C11H10N2O3. The van der Waals surface area contributed by atoms with Crippen molar-refractivity contribution in [3.8, 4) is 0 Å². The minimum Gasteiger partial charge on any atom is -0.465 e. The van der Waals surface area contributed by atoms with Gasteiger partial charge < -0.3 is 4.74 Å². The Morgan fingerprint density at radius 3 is 2.75 bits per heavy atom. The van der Waals surface area contributed by atoms with E-state index < -0.39 is 5.97 Å². The van der Waals surface area contributed by atoms with Crippen LogP contribution in [0.3, 0.4) is 0 Å². The van der Waals surface area contributed by atoms with Crippen molar-refractivity contribution in [2.75, 3.05) is 7.11 Å². The van der Waals surface area contributed by atoms with Gasteiger partial charge in [0.15, 0.2) is 0 Å². The van der Waals surface area contributed by atoms with Crippen molar-refractivity contribution in [3.63, 3.8) is 0 Å². The highest BCUT2D eigenvalue weighted by Crippen LogP contribution is 2.18. The largest absolute Gasteiger partial charge is 0.465 e. The van der Waals surface area contributed by atoms with Crippen molar-refractivity contribution in [1.82, 2.24) is 9.78 Å². The number of fused-ring (bicyclic) bond motifs is 1. The van der Waals surface area contributed by atoms with Crippen LogP contribution >= 0.6 is 0 Å². The second-order valence-electron chi connectivity index (χ2n) is 3.32. The molecule has 1 heterocycles. The zero-order valence-corrected chi connectivity index (χ0v) is 8.93. The first-order valence-electron chi connectivity index (χ1n) is 4.71. The average Bonchev–Trinajstić information content (AvgIpc) is 2.71. The summed E-state index contributed by atoms with van der Waals surface area (Å²) in [6.45, 7) is 1.41. The molecule has 0 bridgehead atoms. The normalized spacial score (nSPS) is 10.4. The Morgan fingerprint density at radius 1 is 1.38 bits per heavy atom. The molecule has 82 valence electrons. The van der Waals surface area contributed by atoms with Crippen LogP contribution in [0, 0.1) is 0 Å². The summed E-state index contributed by atoms with van der Waals surface area (Å²) < 4.78 is 5.86. The first-order chi connectivity index (χ1) is 7.63. The van der Waals surface area contributed by atoms with Crippen LogP contribution in [-0.4, -0.2) is 28.8 Å². The Hall–Kier alpha value is -2.17. The summed E-state index contributed by atoms with van der Waals surface area (Å²) in [6, 6.07) is 5.08. The van der Waals surface area contributed by atoms with E-state index in [1.807, 2.05) is 0 Å². The third kappa shape index (κ3) is 1.56. The monoisotopic (exact) mass is 218 g/mol. The van der Waals surface area contributed by atoms with E-state index in [0.29, 0.717) is 16.5 Å². The van der Waals surface area contributed by atoms with Crippen molar-refractivity contribution in [1.29, 1.82) is 0 Å². The average molecular weight is 218 g/mol. The summed E-state index contributed by atoms with van der Waals surface area (Å²) in [7, 11) is 1.32. The summed E-state index contributed by atoms with van der Waals surface area (Å²) in [5.74, 6) is -0.638. The molecule has 0 atom stereocenters. The van der Waals surface area contributed by atoms with Crippen molar-refractivity contribution in [2.24, 2.45) is 0 Å². The molecule has 1 aromatic heterocycles. The van der Waals surface area contributed by atoms with E-state index in [1.54, 1.807) is 18.2 Å². The molecule has 0 aliphatic rings. The van der Waals surface area contributed by atoms with Crippen LogP contribution < -0.4 is 0 Å². The number of esters is 1. The first kappa shape index (κ1) is 10.4. The standard InChI is InChI=1S/C11H10N2O3/c1-7(14)13-6-9-8(11(15)16-2)4-3-5-10(9)12-13/h3-6H,1-2H3. The molecule has 0 radical (unpaired) electrons. The smallest absolute Gasteiger partial charge is 0.338 e. The lowest BCUT2D eigenvalue weighted by Gasteiger charge is -1.98. The SMILES string of the molecule is COC(=O)c1cccc2nn(C(C)=O)cc12. The van der Waals surface area contributed by atoms with Crippen LogP contribution in [0.25, 0.3) is 10.9 Å². The summed E-state index contributed by atoms with van der Waals surface area (Å²) in [5.41, 5.74) is 1.01. The molecule has 5 nitrogen and oxygen atoms in total. The molecule has 0 aliphatic heterocycles. The van der Waals surface area contributed by atoms with Gasteiger partial charge in [-0.1, -0.05) is 6.07 Å². The fourth-order valence-corrected chi connectivity index (χ4v) is 1.49. The third-order valence-corrected chi connectivity index (χ3v) is 2.28. The molecular weight excluding hydrogens is 208 g/mol. The number of ether oxygens (including phenoxy) is 1. The van der Waals surface area contributed by atoms with Crippen molar-refractivity contribution in [3.05, 3.63) is 30.0 Å². The minimum atomic E-state index is -0.436. The molecule has 0 fully saturated rings. The van der Waals surface area contributed by atoms with E-state index in [9.17, 15) is 9.59 Å². The lowest BCUT2D eigenvalue weighted by molar-refractivity contribution is 0.0602. The maximum atomic E-state index is 11.5. The highest BCUT2D eigenvalue weighted by molar-refractivity contribution is 6.03. The lowest BCUT2D eigenvalue weighted by atomic mass is 10.1. The zero-order valence-electron chi connectivity index (χ0n) is 8.93. The van der Waals surface area contributed by atoms with Crippen molar-refractivity contribution >= 4 is 22.8 Å². The lowest BCUT2D eigenvalue weighted by Crippen LogP contribution is -2.05. The number of nitrogens with zero attached hydrogens (tertiary/aromatic N) is 2. The van der Waals surface area contributed by atoms with E-state index in [4.69, 9.17) is 0 Å². The molecule has 0 N–H and O–H groups in total. The van der Waals surface area contributed by atoms with Gasteiger partial charge in [0.1, 0.15) is 0 Å². The number of hydrogen-bond donors (Lipinski definition) is 0. The van der Waals surface area contributed by atoms with Gasteiger partial charge in [0.2, 0.25) is 5.91 Å². The molecule has 2 aromatic rings. The molecule has 0 spiro atoms. The molecule has 0 amide bonds. The predicted molar refractivity (Wildman–Crippen MR) is 57.4 cm³/mol. The van der Waals surface area contributed by atoms with E-state index in [-0.39, 0.29) is 5.91 Å². The van der Waals surface area contributed by atoms with Gasteiger partial charge in [0, 0.05) is 18.5 Å². The minimum absolute atomic E-state index is 0.202. The van der Waals surface area contributed by atoms with Crippen molar-refractivity contribution < 1.29 is 14.3 Å². The summed E-state index contributed by atoms with van der Waals surface area (Å²) in [6.07, 6.45) is 1.53. The molecule has 0 saturated heterocycles. The molecule has 1 aromatic carbocycles. The molecule has 5 heteroatoms. The molecule has 0 saturated carbocycles. The second kappa shape index (κ2) is 3.77. The number of hydrogen-bond acceptors (Lipinski definition) is 4. The van der Waals surface area contributed by atoms with Gasteiger partial charge in [-0.05, 0) is 12.1 Å². The number of benzene rings is 1. The van der Waals surface area contributed by atoms with Crippen LogP contribution in [0.15, 0.2) is 24.4 Å². The van der Waals surface area contributed by atoms with Gasteiger partial charge in [-0.25, -0.2) is 9.48 Å². The van der Waals surface area contributed by atoms with Crippen LogP contribution in [0.2, 0.25) is 0 Å². The number of aromatic nitrogens is 2. The van der Waals surface area contributed by atoms with Crippen LogP contribution in [-0.2, 0) is 4.74 Å². The van der Waals surface area contributed by atoms with E-state index in [2.05, 4.69) is 9.84 Å². The Labute approximate surface area is 91.6 Å². The number of carbonyl (C=O) groups excluding carboxylic acids is 2. The van der Waals surface area contributed by atoms with Gasteiger partial charge in [-0.3, -0.25) is 4.79 Å². The van der Waals surface area contributed by atoms with Crippen LogP contribution in [0.5, 0.6) is 0 Å². The van der Waals surface area contributed by atoms with E-state index in [0.717, 1.165) is 0 Å². The Kier molecular flexibility index (Phi) is 2.44. The predicted octanol–water partition coefficient (Wildman–Crippen LogP) is 1.48. The quantitative estimate of drug-likeness (QED) is 0.680. The third-order valence-electron chi connectivity index (χ3n) is 2.28. The topological polar surface area (TPSA) is 61.2 Å². The Morgan fingerprint density at radius 2 is 2.12 bits per heavy atom.